The number of hydrogen-bond acceptors (Lipinski definition) is 3. The number of carbonyl (C=O) groups is 3. The Hall–Kier alpha value is -1.85. The topological polar surface area (TPSA) is 109 Å². The highest BCUT2D eigenvalue weighted by molar-refractivity contribution is 5.95. The minimum absolute atomic E-state index is 0.00416. The molecule has 96 valence electrons. The first-order valence-electron chi connectivity index (χ1n) is 5.37. The van der Waals surface area contributed by atoms with E-state index in [2.05, 4.69) is 5.32 Å². The summed E-state index contributed by atoms with van der Waals surface area (Å²) >= 11 is 0. The Kier molecular flexibility index (Phi) is 6.62. The third-order valence-corrected chi connectivity index (χ3v) is 2.15. The van der Waals surface area contributed by atoms with Crippen LogP contribution in [-0.4, -0.2) is 28.9 Å². The van der Waals surface area contributed by atoms with Crippen LogP contribution >= 0.6 is 0 Å². The Bertz CT molecular complexity index is 336. The molecule has 1 atom stereocenters. The smallest absolute Gasteiger partial charge is 0.326 e. The average Bonchev–Trinajstić information content (AvgIpc) is 2.23. The SMILES string of the molecule is CC/C=C(/C)C(=O)N[C@@H](CCC(N)=O)C(=O)O. The third kappa shape index (κ3) is 6.34. The zero-order valence-electron chi connectivity index (χ0n) is 10.0. The molecule has 0 radical (unpaired) electrons. The molecule has 0 saturated carbocycles. The molecule has 2 amide bonds. The van der Waals surface area contributed by atoms with Crippen molar-refractivity contribution in [2.75, 3.05) is 0 Å². The van der Waals surface area contributed by atoms with Crippen LogP contribution in [0, 0.1) is 0 Å². The minimum Gasteiger partial charge on any atom is -0.480 e. The molecule has 0 rings (SSSR count). The summed E-state index contributed by atoms with van der Waals surface area (Å²) in [6.45, 7) is 3.48. The molecular formula is C11H18N2O4. The van der Waals surface area contributed by atoms with Crippen LogP contribution in [-0.2, 0) is 14.4 Å². The van der Waals surface area contributed by atoms with E-state index in [-0.39, 0.29) is 12.8 Å². The number of nitrogens with two attached hydrogens (primary N) is 1. The number of rotatable bonds is 7. The second kappa shape index (κ2) is 7.43. The van der Waals surface area contributed by atoms with Crippen LogP contribution < -0.4 is 11.1 Å². The number of primary amides is 1. The lowest BCUT2D eigenvalue weighted by molar-refractivity contribution is -0.141. The normalized spacial score (nSPS) is 12.9. The first-order chi connectivity index (χ1) is 7.88. The van der Waals surface area contributed by atoms with Crippen molar-refractivity contribution >= 4 is 17.8 Å². The lowest BCUT2D eigenvalue weighted by Crippen LogP contribution is -2.41. The molecule has 4 N–H and O–H groups in total. The van der Waals surface area contributed by atoms with E-state index in [1.54, 1.807) is 13.0 Å². The van der Waals surface area contributed by atoms with Crippen molar-refractivity contribution in [1.29, 1.82) is 0 Å². The van der Waals surface area contributed by atoms with E-state index in [1.165, 1.54) is 0 Å². The fraction of sp³-hybridized carbons (Fsp3) is 0.545. The Labute approximate surface area is 99.9 Å². The summed E-state index contributed by atoms with van der Waals surface area (Å²) < 4.78 is 0. The van der Waals surface area contributed by atoms with E-state index in [0.717, 1.165) is 0 Å². The molecule has 0 aliphatic heterocycles. The summed E-state index contributed by atoms with van der Waals surface area (Å²) in [4.78, 5) is 32.9. The van der Waals surface area contributed by atoms with Crippen molar-refractivity contribution in [3.05, 3.63) is 11.6 Å². The lowest BCUT2D eigenvalue weighted by Gasteiger charge is -2.13. The quantitative estimate of drug-likeness (QED) is 0.553. The number of nitrogens with one attached hydrogen (secondary N) is 1. The van der Waals surface area contributed by atoms with Crippen LogP contribution in [0.4, 0.5) is 0 Å². The summed E-state index contributed by atoms with van der Waals surface area (Å²) in [5.74, 6) is -2.21. The van der Waals surface area contributed by atoms with Gasteiger partial charge in [0.15, 0.2) is 0 Å². The molecule has 0 fully saturated rings. The van der Waals surface area contributed by atoms with Gasteiger partial charge in [0.05, 0.1) is 0 Å². The molecule has 0 aliphatic carbocycles. The molecule has 0 aromatic heterocycles. The second-order valence-corrected chi connectivity index (χ2v) is 3.66. The predicted molar refractivity (Wildman–Crippen MR) is 62.0 cm³/mol. The lowest BCUT2D eigenvalue weighted by atomic mass is 10.1. The van der Waals surface area contributed by atoms with Gasteiger partial charge in [0, 0.05) is 12.0 Å². The maximum Gasteiger partial charge on any atom is 0.326 e. The largest absolute Gasteiger partial charge is 0.480 e. The van der Waals surface area contributed by atoms with Gasteiger partial charge in [-0.2, -0.15) is 0 Å². The van der Waals surface area contributed by atoms with Gasteiger partial charge in [-0.1, -0.05) is 13.0 Å². The molecule has 0 bridgehead atoms. The first-order valence-corrected chi connectivity index (χ1v) is 5.37. The number of allylic oxidation sites excluding steroid dienone is 1. The average molecular weight is 242 g/mol. The van der Waals surface area contributed by atoms with Crippen LogP contribution in [0.2, 0.25) is 0 Å². The van der Waals surface area contributed by atoms with Gasteiger partial charge >= 0.3 is 5.97 Å². The van der Waals surface area contributed by atoms with E-state index in [1.807, 2.05) is 6.92 Å². The molecule has 0 spiro atoms. The van der Waals surface area contributed by atoms with E-state index in [9.17, 15) is 14.4 Å². The molecule has 0 saturated heterocycles. The van der Waals surface area contributed by atoms with Crippen LogP contribution in [0.1, 0.15) is 33.1 Å². The maximum atomic E-state index is 11.5. The predicted octanol–water partition coefficient (Wildman–Crippen LogP) is 0.178. The van der Waals surface area contributed by atoms with Crippen LogP contribution in [0.25, 0.3) is 0 Å². The molecule has 0 unspecified atom stereocenters. The summed E-state index contributed by atoms with van der Waals surface area (Å²) in [5, 5.41) is 11.2. The van der Waals surface area contributed by atoms with Crippen LogP contribution in [0.15, 0.2) is 11.6 Å². The summed E-state index contributed by atoms with van der Waals surface area (Å²) in [6, 6.07) is -1.09. The van der Waals surface area contributed by atoms with Gasteiger partial charge in [-0.3, -0.25) is 9.59 Å². The van der Waals surface area contributed by atoms with E-state index >= 15 is 0 Å². The number of hydrogen-bond donors (Lipinski definition) is 3. The molecule has 0 heterocycles. The van der Waals surface area contributed by atoms with Crippen LogP contribution in [0.5, 0.6) is 0 Å². The molecule has 6 nitrogen and oxygen atoms in total. The standard InChI is InChI=1S/C11H18N2O4/c1-3-4-7(2)10(15)13-8(11(16)17)5-6-9(12)14/h4,8H,3,5-6H2,1-2H3,(H2,12,14)(H,13,15)(H,16,17)/b7-4-/t8-/m0/s1. The number of carbonyl (C=O) groups excluding carboxylic acids is 2. The second-order valence-electron chi connectivity index (χ2n) is 3.66. The Morgan fingerprint density at radius 3 is 2.41 bits per heavy atom. The Morgan fingerprint density at radius 2 is 2.00 bits per heavy atom. The zero-order chi connectivity index (χ0) is 13.4. The van der Waals surface area contributed by atoms with Crippen molar-refractivity contribution in [2.24, 2.45) is 5.73 Å². The van der Waals surface area contributed by atoms with Crippen molar-refractivity contribution in [3.8, 4) is 0 Å². The number of carboxylic acids is 1. The van der Waals surface area contributed by atoms with Gasteiger partial charge in [0.2, 0.25) is 11.8 Å². The van der Waals surface area contributed by atoms with Gasteiger partial charge in [-0.05, 0) is 19.8 Å². The molecule has 0 aromatic rings. The summed E-state index contributed by atoms with van der Waals surface area (Å²) in [7, 11) is 0. The number of amides is 2. The summed E-state index contributed by atoms with van der Waals surface area (Å²) in [6.07, 6.45) is 2.31. The fourth-order valence-corrected chi connectivity index (χ4v) is 1.21. The van der Waals surface area contributed by atoms with Crippen molar-refractivity contribution in [1.82, 2.24) is 5.32 Å². The van der Waals surface area contributed by atoms with Gasteiger partial charge in [-0.15, -0.1) is 0 Å². The Balaban J connectivity index is 4.45. The highest BCUT2D eigenvalue weighted by Crippen LogP contribution is 2.01. The van der Waals surface area contributed by atoms with Crippen LogP contribution in [0.3, 0.4) is 0 Å². The van der Waals surface area contributed by atoms with E-state index in [0.29, 0.717) is 12.0 Å². The minimum atomic E-state index is -1.18. The van der Waals surface area contributed by atoms with Gasteiger partial charge in [-0.25, -0.2) is 4.79 Å². The molecule has 6 heteroatoms. The molecular weight excluding hydrogens is 224 g/mol. The molecule has 0 aliphatic rings. The zero-order valence-corrected chi connectivity index (χ0v) is 10.0. The van der Waals surface area contributed by atoms with E-state index < -0.39 is 23.8 Å². The maximum absolute atomic E-state index is 11.5. The third-order valence-electron chi connectivity index (χ3n) is 2.15. The van der Waals surface area contributed by atoms with Crippen molar-refractivity contribution < 1.29 is 19.5 Å². The number of carboxylic acid groups (broad SMARTS) is 1. The molecule has 0 aromatic carbocycles. The molecule has 17 heavy (non-hydrogen) atoms. The van der Waals surface area contributed by atoms with Gasteiger partial charge in [0.1, 0.15) is 6.04 Å². The summed E-state index contributed by atoms with van der Waals surface area (Å²) in [5.41, 5.74) is 5.38. The Morgan fingerprint density at radius 1 is 1.41 bits per heavy atom. The fourth-order valence-electron chi connectivity index (χ4n) is 1.21. The monoisotopic (exact) mass is 242 g/mol. The first kappa shape index (κ1) is 15.2. The van der Waals surface area contributed by atoms with Gasteiger partial charge in [0.25, 0.3) is 0 Å². The van der Waals surface area contributed by atoms with Crippen molar-refractivity contribution in [3.63, 3.8) is 0 Å². The van der Waals surface area contributed by atoms with Gasteiger partial charge < -0.3 is 16.2 Å². The van der Waals surface area contributed by atoms with Crippen molar-refractivity contribution in [2.45, 2.75) is 39.2 Å². The van der Waals surface area contributed by atoms with E-state index in [4.69, 9.17) is 10.8 Å². The highest BCUT2D eigenvalue weighted by Gasteiger charge is 2.20. The number of aliphatic carboxylic acids is 1. The highest BCUT2D eigenvalue weighted by atomic mass is 16.4.